The van der Waals surface area contributed by atoms with Gasteiger partial charge in [0.1, 0.15) is 5.82 Å². The van der Waals surface area contributed by atoms with E-state index in [4.69, 9.17) is 5.73 Å². The van der Waals surface area contributed by atoms with E-state index < -0.39 is 11.7 Å². The molecule has 0 saturated carbocycles. The van der Waals surface area contributed by atoms with Crippen LogP contribution in [-0.4, -0.2) is 4.98 Å². The largest absolute Gasteiger partial charge is 0.416 e. The maximum atomic E-state index is 12.6. The number of alkyl halides is 3. The van der Waals surface area contributed by atoms with E-state index in [2.05, 4.69) is 26.2 Å². The van der Waals surface area contributed by atoms with E-state index in [0.29, 0.717) is 16.0 Å². The zero-order chi connectivity index (χ0) is 14.0. The van der Waals surface area contributed by atoms with Crippen LogP contribution in [0.25, 0.3) is 0 Å². The topological polar surface area (TPSA) is 50.9 Å². The third kappa shape index (κ3) is 3.37. The average molecular weight is 332 g/mol. The third-order valence-corrected chi connectivity index (χ3v) is 3.03. The molecule has 0 fully saturated rings. The Kier molecular flexibility index (Phi) is 3.66. The molecular formula is C12H9BrF3N3. The number of halogens is 4. The molecule has 3 nitrogen and oxygen atoms in total. The van der Waals surface area contributed by atoms with Crippen LogP contribution in [0.2, 0.25) is 0 Å². The van der Waals surface area contributed by atoms with Gasteiger partial charge in [-0.15, -0.1) is 0 Å². The van der Waals surface area contributed by atoms with Gasteiger partial charge in [-0.3, -0.25) is 0 Å². The minimum atomic E-state index is -4.38. The van der Waals surface area contributed by atoms with Crippen molar-refractivity contribution in [2.45, 2.75) is 6.18 Å². The highest BCUT2D eigenvalue weighted by Crippen LogP contribution is 2.34. The molecule has 19 heavy (non-hydrogen) atoms. The van der Waals surface area contributed by atoms with Crippen molar-refractivity contribution in [2.75, 3.05) is 11.1 Å². The van der Waals surface area contributed by atoms with Gasteiger partial charge in [0.05, 0.1) is 23.1 Å². The molecule has 0 aliphatic heterocycles. The molecular weight excluding hydrogens is 323 g/mol. The number of nitrogen functional groups attached to an aromatic ring is 1. The highest BCUT2D eigenvalue weighted by Gasteiger charge is 2.30. The van der Waals surface area contributed by atoms with Crippen LogP contribution in [0.3, 0.4) is 0 Å². The standard InChI is InChI=1S/C12H9BrF3N3/c13-9-3-1-7(12(14,15)16)5-10(9)19-11-4-2-8(17)6-18-11/h1-6H,17H2,(H,18,19). The smallest absolute Gasteiger partial charge is 0.397 e. The normalized spacial score (nSPS) is 11.4. The Morgan fingerprint density at radius 3 is 2.47 bits per heavy atom. The minimum Gasteiger partial charge on any atom is -0.397 e. The maximum Gasteiger partial charge on any atom is 0.416 e. The Balaban J connectivity index is 2.31. The number of anilines is 3. The van der Waals surface area contributed by atoms with Crippen LogP contribution >= 0.6 is 15.9 Å². The quantitative estimate of drug-likeness (QED) is 0.867. The van der Waals surface area contributed by atoms with Gasteiger partial charge in [0.2, 0.25) is 0 Å². The van der Waals surface area contributed by atoms with Gasteiger partial charge in [-0.05, 0) is 46.3 Å². The summed E-state index contributed by atoms with van der Waals surface area (Å²) in [6.45, 7) is 0. The van der Waals surface area contributed by atoms with E-state index >= 15 is 0 Å². The lowest BCUT2D eigenvalue weighted by atomic mass is 10.2. The fraction of sp³-hybridized carbons (Fsp3) is 0.0833. The zero-order valence-corrected chi connectivity index (χ0v) is 11.1. The molecule has 2 rings (SSSR count). The van der Waals surface area contributed by atoms with Crippen molar-refractivity contribution in [2.24, 2.45) is 0 Å². The summed E-state index contributed by atoms with van der Waals surface area (Å²) < 4.78 is 38.4. The molecule has 7 heteroatoms. The SMILES string of the molecule is Nc1ccc(Nc2cc(C(F)(F)F)ccc2Br)nc1. The lowest BCUT2D eigenvalue weighted by Crippen LogP contribution is -2.06. The molecule has 1 heterocycles. The number of nitrogens with zero attached hydrogens (tertiary/aromatic N) is 1. The van der Waals surface area contributed by atoms with Crippen LogP contribution in [-0.2, 0) is 6.18 Å². The van der Waals surface area contributed by atoms with E-state index in [9.17, 15) is 13.2 Å². The summed E-state index contributed by atoms with van der Waals surface area (Å²) in [5.74, 6) is 0.411. The fourth-order valence-corrected chi connectivity index (χ4v) is 1.76. The Bertz CT molecular complexity index is 582. The molecule has 0 unspecified atom stereocenters. The van der Waals surface area contributed by atoms with Gasteiger partial charge in [0.15, 0.2) is 0 Å². The van der Waals surface area contributed by atoms with E-state index in [1.807, 2.05) is 0 Å². The van der Waals surface area contributed by atoms with Crippen molar-refractivity contribution in [1.29, 1.82) is 0 Å². The van der Waals surface area contributed by atoms with Gasteiger partial charge < -0.3 is 11.1 Å². The Morgan fingerprint density at radius 1 is 1.16 bits per heavy atom. The van der Waals surface area contributed by atoms with Crippen LogP contribution in [0.4, 0.5) is 30.4 Å². The number of hydrogen-bond donors (Lipinski definition) is 2. The number of benzene rings is 1. The highest BCUT2D eigenvalue weighted by molar-refractivity contribution is 9.10. The van der Waals surface area contributed by atoms with Gasteiger partial charge in [-0.25, -0.2) is 4.98 Å². The van der Waals surface area contributed by atoms with Crippen molar-refractivity contribution in [3.8, 4) is 0 Å². The van der Waals surface area contributed by atoms with Crippen molar-refractivity contribution in [1.82, 2.24) is 4.98 Å². The average Bonchev–Trinajstić information content (AvgIpc) is 2.33. The lowest BCUT2D eigenvalue weighted by Gasteiger charge is -2.12. The second-order valence-electron chi connectivity index (χ2n) is 3.79. The van der Waals surface area contributed by atoms with Gasteiger partial charge in [0, 0.05) is 4.47 Å². The first kappa shape index (κ1) is 13.7. The van der Waals surface area contributed by atoms with E-state index in [-0.39, 0.29) is 5.69 Å². The van der Waals surface area contributed by atoms with E-state index in [1.54, 1.807) is 12.1 Å². The summed E-state index contributed by atoms with van der Waals surface area (Å²) in [5.41, 5.74) is 5.52. The summed E-state index contributed by atoms with van der Waals surface area (Å²) in [6, 6.07) is 6.55. The second kappa shape index (κ2) is 5.08. The third-order valence-electron chi connectivity index (χ3n) is 2.34. The van der Waals surface area contributed by atoms with Gasteiger partial charge in [-0.2, -0.15) is 13.2 Å². The van der Waals surface area contributed by atoms with Crippen molar-refractivity contribution in [3.63, 3.8) is 0 Å². The molecule has 1 aromatic heterocycles. The Hall–Kier alpha value is -1.76. The Morgan fingerprint density at radius 2 is 1.89 bits per heavy atom. The molecule has 0 bridgehead atoms. The van der Waals surface area contributed by atoms with E-state index in [0.717, 1.165) is 12.1 Å². The molecule has 0 radical (unpaired) electrons. The molecule has 0 spiro atoms. The summed E-state index contributed by atoms with van der Waals surface area (Å²) in [5, 5.41) is 2.80. The first-order chi connectivity index (χ1) is 8.86. The number of pyridine rings is 1. The van der Waals surface area contributed by atoms with Crippen LogP contribution in [0.5, 0.6) is 0 Å². The summed E-state index contributed by atoms with van der Waals surface area (Å²) in [7, 11) is 0. The molecule has 0 aliphatic rings. The summed E-state index contributed by atoms with van der Waals surface area (Å²) in [6.07, 6.45) is -2.96. The zero-order valence-electron chi connectivity index (χ0n) is 9.50. The lowest BCUT2D eigenvalue weighted by molar-refractivity contribution is -0.137. The molecule has 100 valence electrons. The second-order valence-corrected chi connectivity index (χ2v) is 4.65. The van der Waals surface area contributed by atoms with Gasteiger partial charge in [0.25, 0.3) is 0 Å². The predicted molar refractivity (Wildman–Crippen MR) is 71.1 cm³/mol. The molecule has 2 aromatic rings. The van der Waals surface area contributed by atoms with E-state index in [1.165, 1.54) is 12.3 Å². The number of nitrogens with one attached hydrogen (secondary N) is 1. The summed E-state index contributed by atoms with van der Waals surface area (Å²) >= 11 is 3.19. The van der Waals surface area contributed by atoms with Crippen molar-refractivity contribution in [3.05, 3.63) is 46.6 Å². The monoisotopic (exact) mass is 331 g/mol. The minimum absolute atomic E-state index is 0.284. The number of hydrogen-bond acceptors (Lipinski definition) is 3. The molecule has 0 atom stereocenters. The van der Waals surface area contributed by atoms with Gasteiger partial charge >= 0.3 is 6.18 Å². The van der Waals surface area contributed by atoms with Crippen LogP contribution < -0.4 is 11.1 Å². The number of rotatable bonds is 2. The van der Waals surface area contributed by atoms with Crippen LogP contribution in [0.15, 0.2) is 41.0 Å². The molecule has 0 saturated heterocycles. The summed E-state index contributed by atoms with van der Waals surface area (Å²) in [4.78, 5) is 3.97. The fourth-order valence-electron chi connectivity index (χ4n) is 1.41. The van der Waals surface area contributed by atoms with Crippen molar-refractivity contribution >= 4 is 33.1 Å². The molecule has 0 aliphatic carbocycles. The Labute approximate surface area is 115 Å². The highest BCUT2D eigenvalue weighted by atomic mass is 79.9. The van der Waals surface area contributed by atoms with Crippen LogP contribution in [0.1, 0.15) is 5.56 Å². The van der Waals surface area contributed by atoms with Crippen molar-refractivity contribution < 1.29 is 13.2 Å². The maximum absolute atomic E-state index is 12.6. The number of aromatic nitrogens is 1. The molecule has 1 aromatic carbocycles. The van der Waals surface area contributed by atoms with Gasteiger partial charge in [-0.1, -0.05) is 0 Å². The first-order valence-corrected chi connectivity index (χ1v) is 6.01. The molecule has 3 N–H and O–H groups in total. The van der Waals surface area contributed by atoms with Crippen LogP contribution in [0, 0.1) is 0 Å². The predicted octanol–water partition coefficient (Wildman–Crippen LogP) is 4.19. The number of nitrogens with two attached hydrogens (primary N) is 1. The first-order valence-electron chi connectivity index (χ1n) is 5.21. The molecule has 0 amide bonds.